The molecule has 0 aromatic heterocycles. The van der Waals surface area contributed by atoms with Crippen molar-refractivity contribution in [1.29, 1.82) is 0 Å². The van der Waals surface area contributed by atoms with Gasteiger partial charge in [-0.3, -0.25) is 4.90 Å². The zero-order valence-electron chi connectivity index (χ0n) is 41.8. The minimum absolute atomic E-state index is 0.0146. The molecule has 2 heterocycles. The molecule has 3 N–H and O–H groups in total. The highest BCUT2D eigenvalue weighted by atomic mass is 16.8. The summed E-state index contributed by atoms with van der Waals surface area (Å²) in [4.78, 5) is 46.9. The Morgan fingerprint density at radius 2 is 1.16 bits per heavy atom. The van der Waals surface area contributed by atoms with E-state index >= 15 is 0 Å². The molecule has 2 saturated heterocycles. The molecule has 5 aromatic carbocycles. The lowest BCUT2D eigenvalue weighted by molar-refractivity contribution is -0.286. The molecule has 1 spiro atoms. The standard InChI is InChI=1S/C57H64N6O12/c1-38(63(33-39-20-8-2-9-21-39)56(67)71-37-43-28-16-6-17-29-43)49-45(68-34-40-22-10-3-11-23-40)32-44(61-62-58)53(72-49)73-50-46(59-54(65)69-35-41-24-12-4-13-25-41)48(64)47(60-55(66)70-36-42-26-14-5-15-27-42)51-52(50)75-57(74-51)30-18-7-19-31-57/h2-6,8-17,20-29,38,44-53,64H,7,18-19,30-37H2,1H3,(H,59,65)(H,60,66)/t38-,44-,45+,46+,47-,48+,49-,50-,51+,52+,53-/m1/s1. The summed E-state index contributed by atoms with van der Waals surface area (Å²) in [6, 6.07) is 42.3. The number of carbonyl (C=O) groups excluding carboxylic acids is 3. The van der Waals surface area contributed by atoms with E-state index in [0.717, 1.165) is 47.1 Å². The Morgan fingerprint density at radius 1 is 0.680 bits per heavy atom. The molecule has 18 nitrogen and oxygen atoms in total. The fraction of sp³-hybridized carbons (Fsp3) is 0.421. The highest BCUT2D eigenvalue weighted by molar-refractivity contribution is 5.69. The van der Waals surface area contributed by atoms with Gasteiger partial charge in [-0.25, -0.2) is 14.4 Å². The van der Waals surface area contributed by atoms with Gasteiger partial charge in [0.25, 0.3) is 0 Å². The van der Waals surface area contributed by atoms with Crippen molar-refractivity contribution < 1.29 is 57.4 Å². The minimum Gasteiger partial charge on any atom is -0.445 e. The largest absolute Gasteiger partial charge is 0.445 e. The Hall–Kier alpha value is -7.02. The Morgan fingerprint density at radius 3 is 1.69 bits per heavy atom. The number of nitrogens with zero attached hydrogens (tertiary/aromatic N) is 4. The molecular weight excluding hydrogens is 961 g/mol. The second-order valence-corrected chi connectivity index (χ2v) is 19.4. The van der Waals surface area contributed by atoms with Crippen molar-refractivity contribution >= 4 is 18.3 Å². The van der Waals surface area contributed by atoms with Crippen LogP contribution >= 0.6 is 0 Å². The predicted molar refractivity (Wildman–Crippen MR) is 273 cm³/mol. The van der Waals surface area contributed by atoms with Crippen LogP contribution in [0.3, 0.4) is 0 Å². The van der Waals surface area contributed by atoms with E-state index in [1.165, 1.54) is 0 Å². The molecule has 394 valence electrons. The maximum atomic E-state index is 14.4. The van der Waals surface area contributed by atoms with Crippen molar-refractivity contribution in [2.75, 3.05) is 0 Å². The third-order valence-electron chi connectivity index (χ3n) is 14.2. The monoisotopic (exact) mass is 1020 g/mol. The quantitative estimate of drug-likeness (QED) is 0.0323. The van der Waals surface area contributed by atoms with Crippen molar-refractivity contribution in [2.24, 2.45) is 5.11 Å². The first-order chi connectivity index (χ1) is 36.6. The fourth-order valence-electron chi connectivity index (χ4n) is 10.4. The average Bonchev–Trinajstić information content (AvgIpc) is 3.85. The van der Waals surface area contributed by atoms with Gasteiger partial charge in [0.2, 0.25) is 0 Å². The first-order valence-electron chi connectivity index (χ1n) is 25.7. The highest BCUT2D eigenvalue weighted by Gasteiger charge is 2.62. The number of hydrogen-bond acceptors (Lipinski definition) is 13. The van der Waals surface area contributed by atoms with Crippen molar-refractivity contribution in [3.63, 3.8) is 0 Å². The third-order valence-corrected chi connectivity index (χ3v) is 14.2. The predicted octanol–water partition coefficient (Wildman–Crippen LogP) is 9.39. The Bertz CT molecular complexity index is 2650. The number of aliphatic hydroxyl groups is 1. The molecule has 0 radical (unpaired) electrons. The van der Waals surface area contributed by atoms with Gasteiger partial charge in [-0.15, -0.1) is 0 Å². The zero-order valence-corrected chi connectivity index (χ0v) is 41.8. The summed E-state index contributed by atoms with van der Waals surface area (Å²) in [5.41, 5.74) is 14.1. The van der Waals surface area contributed by atoms with E-state index in [1.807, 2.05) is 159 Å². The molecule has 0 bridgehead atoms. The summed E-state index contributed by atoms with van der Waals surface area (Å²) in [6.07, 6.45) is -6.82. The lowest BCUT2D eigenvalue weighted by Gasteiger charge is -2.49. The van der Waals surface area contributed by atoms with Crippen LogP contribution in [0.25, 0.3) is 10.4 Å². The lowest BCUT2D eigenvalue weighted by atomic mass is 9.81. The fourth-order valence-corrected chi connectivity index (χ4v) is 10.4. The number of nitrogens with one attached hydrogen (secondary N) is 2. The van der Waals surface area contributed by atoms with Crippen LogP contribution in [0, 0.1) is 0 Å². The van der Waals surface area contributed by atoms with Crippen LogP contribution in [-0.4, -0.2) is 101 Å². The van der Waals surface area contributed by atoms with Crippen LogP contribution < -0.4 is 10.6 Å². The summed E-state index contributed by atoms with van der Waals surface area (Å²) in [5, 5.41) is 22.5. The molecule has 3 amide bonds. The van der Waals surface area contributed by atoms with Gasteiger partial charge in [-0.05, 0) is 59.5 Å². The Labute approximate surface area is 436 Å². The molecule has 2 saturated carbocycles. The van der Waals surface area contributed by atoms with Gasteiger partial charge < -0.3 is 53.6 Å². The first kappa shape index (κ1) is 52.8. The van der Waals surface area contributed by atoms with E-state index in [0.29, 0.717) is 12.8 Å². The van der Waals surface area contributed by atoms with Gasteiger partial charge in [-0.1, -0.05) is 163 Å². The SMILES string of the molecule is C[C@H]([C@H]1O[C@H](O[C@@H]2[C@@H](NC(=O)OCc3ccccc3)[C@H](O)[C@@H](NC(=O)OCc3ccccc3)[C@@H]3OC4(CCCCC4)O[C@@H]23)[C@H](N=[N+]=[N-])C[C@@H]1OCc1ccccc1)N(Cc1ccccc1)C(=O)OCc1ccccc1. The molecule has 75 heavy (non-hydrogen) atoms. The zero-order chi connectivity index (χ0) is 52.0. The van der Waals surface area contributed by atoms with E-state index in [-0.39, 0.29) is 39.4 Å². The van der Waals surface area contributed by atoms with Crippen molar-refractivity contribution in [3.8, 4) is 0 Å². The Kier molecular flexibility index (Phi) is 17.9. The second-order valence-electron chi connectivity index (χ2n) is 19.4. The number of fused-ring (bicyclic) bond motifs is 1. The smallest absolute Gasteiger partial charge is 0.410 e. The third kappa shape index (κ3) is 13.6. The van der Waals surface area contributed by atoms with E-state index in [9.17, 15) is 25.0 Å². The molecule has 4 aliphatic rings. The van der Waals surface area contributed by atoms with E-state index in [1.54, 1.807) is 4.90 Å². The van der Waals surface area contributed by atoms with Gasteiger partial charge >= 0.3 is 18.3 Å². The topological polar surface area (TPSA) is 221 Å². The molecule has 9 rings (SSSR count). The minimum atomic E-state index is -1.61. The van der Waals surface area contributed by atoms with Crippen LogP contribution in [0.15, 0.2) is 157 Å². The second kappa shape index (κ2) is 25.5. The van der Waals surface area contributed by atoms with Crippen LogP contribution in [-0.2, 0) is 70.9 Å². The van der Waals surface area contributed by atoms with Crippen molar-refractivity contribution in [1.82, 2.24) is 15.5 Å². The number of azide groups is 1. The average molecular weight is 1030 g/mol. The van der Waals surface area contributed by atoms with E-state index in [2.05, 4.69) is 20.7 Å². The van der Waals surface area contributed by atoms with E-state index in [4.69, 9.17) is 37.9 Å². The van der Waals surface area contributed by atoms with Crippen LogP contribution in [0.1, 0.15) is 73.3 Å². The summed E-state index contributed by atoms with van der Waals surface area (Å²) in [7, 11) is 0. The molecule has 5 aromatic rings. The molecule has 2 aliphatic heterocycles. The summed E-state index contributed by atoms with van der Waals surface area (Å²) >= 11 is 0. The lowest BCUT2D eigenvalue weighted by Crippen LogP contribution is -2.72. The van der Waals surface area contributed by atoms with Crippen molar-refractivity contribution in [2.45, 2.75) is 151 Å². The van der Waals surface area contributed by atoms with Gasteiger partial charge in [0, 0.05) is 24.3 Å². The number of alkyl carbamates (subject to hydrolysis) is 2. The number of rotatable bonds is 18. The van der Waals surface area contributed by atoms with Crippen LogP contribution in [0.4, 0.5) is 14.4 Å². The summed E-state index contributed by atoms with van der Waals surface area (Å²) in [6.45, 7) is 2.01. The molecule has 11 atom stereocenters. The Balaban J connectivity index is 1.05. The molecule has 2 aliphatic carbocycles. The van der Waals surface area contributed by atoms with Gasteiger partial charge in [0.15, 0.2) is 12.1 Å². The van der Waals surface area contributed by atoms with Gasteiger partial charge in [0.05, 0.1) is 43.0 Å². The number of benzene rings is 5. The van der Waals surface area contributed by atoms with Gasteiger partial charge in [-0.2, -0.15) is 0 Å². The molecular formula is C57H64N6O12. The number of amides is 3. The maximum absolute atomic E-state index is 14.4. The number of ether oxygens (including phenoxy) is 8. The normalized spacial score (nSPS) is 26.1. The summed E-state index contributed by atoms with van der Waals surface area (Å²) in [5.74, 6) is -1.12. The first-order valence-corrected chi connectivity index (χ1v) is 25.7. The van der Waals surface area contributed by atoms with E-state index < -0.39 is 91.1 Å². The van der Waals surface area contributed by atoms with Gasteiger partial charge in [0.1, 0.15) is 44.2 Å². The number of carbonyl (C=O) groups is 3. The summed E-state index contributed by atoms with van der Waals surface area (Å²) < 4.78 is 51.9. The van der Waals surface area contributed by atoms with Crippen molar-refractivity contribution in [3.05, 3.63) is 190 Å². The van der Waals surface area contributed by atoms with Crippen LogP contribution in [0.2, 0.25) is 0 Å². The number of hydrogen-bond donors (Lipinski definition) is 3. The highest BCUT2D eigenvalue weighted by Crippen LogP contribution is 2.46. The maximum Gasteiger partial charge on any atom is 0.410 e. The number of aliphatic hydroxyl groups excluding tert-OH is 1. The molecule has 4 fully saturated rings. The molecule has 18 heteroatoms. The molecule has 0 unspecified atom stereocenters. The van der Waals surface area contributed by atoms with Crippen LogP contribution in [0.5, 0.6) is 0 Å².